The predicted octanol–water partition coefficient (Wildman–Crippen LogP) is 2.58. The summed E-state index contributed by atoms with van der Waals surface area (Å²) >= 11 is 17.6. The molecule has 1 amide bonds. The Morgan fingerprint density at radius 2 is 1.71 bits per heavy atom. The molecule has 2 aromatic rings. The number of nitrogens with one attached hydrogen (secondary N) is 1. The monoisotopic (exact) mass is 343 g/mol. The van der Waals surface area contributed by atoms with Crippen LogP contribution in [-0.2, 0) is 0 Å². The van der Waals surface area contributed by atoms with Crippen LogP contribution in [0.4, 0.5) is 5.69 Å². The molecule has 0 aliphatic heterocycles. The number of benzene rings is 2. The molecule has 0 bridgehead atoms. The van der Waals surface area contributed by atoms with Gasteiger partial charge in [0.2, 0.25) is 0 Å². The van der Waals surface area contributed by atoms with Gasteiger partial charge in [0, 0.05) is 21.1 Å². The molecule has 0 aromatic heterocycles. The van der Waals surface area contributed by atoms with E-state index in [1.54, 1.807) is 12.1 Å². The minimum atomic E-state index is -1.69. The van der Waals surface area contributed by atoms with Gasteiger partial charge in [0.1, 0.15) is 0 Å². The molecule has 21 heavy (non-hydrogen) atoms. The van der Waals surface area contributed by atoms with E-state index in [-0.39, 0.29) is 16.0 Å². The quantitative estimate of drug-likeness (QED) is 0.750. The van der Waals surface area contributed by atoms with E-state index >= 15 is 0 Å². The molecule has 0 spiro atoms. The molecule has 0 saturated carbocycles. The van der Waals surface area contributed by atoms with Gasteiger partial charge in [-0.2, -0.15) is 0 Å². The summed E-state index contributed by atoms with van der Waals surface area (Å²) in [6.45, 7) is 0. The predicted molar refractivity (Wildman–Crippen MR) is 85.7 cm³/mol. The highest BCUT2D eigenvalue weighted by atomic mass is 35.5. The van der Waals surface area contributed by atoms with Crippen molar-refractivity contribution >= 4 is 59.0 Å². The van der Waals surface area contributed by atoms with Gasteiger partial charge >= 0.3 is 7.12 Å². The second-order valence-electron chi connectivity index (χ2n) is 4.19. The molecule has 0 aliphatic carbocycles. The van der Waals surface area contributed by atoms with Crippen molar-refractivity contribution in [2.45, 2.75) is 0 Å². The van der Waals surface area contributed by atoms with E-state index in [0.29, 0.717) is 15.7 Å². The normalized spacial score (nSPS) is 10.3. The molecule has 3 N–H and O–H groups in total. The highest BCUT2D eigenvalue weighted by Crippen LogP contribution is 2.26. The summed E-state index contributed by atoms with van der Waals surface area (Å²) in [6.07, 6.45) is 0. The summed E-state index contributed by atoms with van der Waals surface area (Å²) in [7, 11) is -1.69. The maximum Gasteiger partial charge on any atom is 0.489 e. The Hall–Kier alpha value is -1.24. The standard InChI is InChI=1S/C13H9BCl3NO3/c15-8-2-4-12(11(17)6-8)18-13(19)7-1-3-9(14(20)21)10(16)5-7/h1-6,20-21H,(H,18,19). The van der Waals surface area contributed by atoms with Gasteiger partial charge in [-0.3, -0.25) is 4.79 Å². The van der Waals surface area contributed by atoms with Gasteiger partial charge in [0.05, 0.1) is 10.7 Å². The molecule has 0 atom stereocenters. The van der Waals surface area contributed by atoms with E-state index in [0.717, 1.165) is 0 Å². The number of hydrogen-bond acceptors (Lipinski definition) is 3. The topological polar surface area (TPSA) is 69.6 Å². The molecule has 0 radical (unpaired) electrons. The number of hydrogen-bond donors (Lipinski definition) is 3. The van der Waals surface area contributed by atoms with Crippen LogP contribution < -0.4 is 10.8 Å². The summed E-state index contributed by atoms with van der Waals surface area (Å²) in [4.78, 5) is 12.1. The first-order valence-electron chi connectivity index (χ1n) is 5.80. The third-order valence-electron chi connectivity index (χ3n) is 2.72. The van der Waals surface area contributed by atoms with Crippen molar-refractivity contribution in [3.8, 4) is 0 Å². The highest BCUT2D eigenvalue weighted by molar-refractivity contribution is 6.62. The first kappa shape index (κ1) is 16.1. The van der Waals surface area contributed by atoms with Crippen molar-refractivity contribution in [3.63, 3.8) is 0 Å². The van der Waals surface area contributed by atoms with Gasteiger partial charge in [-0.15, -0.1) is 0 Å². The van der Waals surface area contributed by atoms with Crippen molar-refractivity contribution in [2.24, 2.45) is 0 Å². The summed E-state index contributed by atoms with van der Waals surface area (Å²) in [5.74, 6) is -0.430. The average Bonchev–Trinajstić information content (AvgIpc) is 2.41. The van der Waals surface area contributed by atoms with Crippen molar-refractivity contribution in [2.75, 3.05) is 5.32 Å². The van der Waals surface area contributed by atoms with Crippen LogP contribution in [0.2, 0.25) is 15.1 Å². The number of carbonyl (C=O) groups is 1. The van der Waals surface area contributed by atoms with Gasteiger partial charge in [-0.1, -0.05) is 40.9 Å². The molecule has 2 rings (SSSR count). The minimum absolute atomic E-state index is 0.0832. The van der Waals surface area contributed by atoms with Crippen LogP contribution in [0.3, 0.4) is 0 Å². The number of rotatable bonds is 3. The van der Waals surface area contributed by atoms with Crippen LogP contribution in [0.25, 0.3) is 0 Å². The first-order chi connectivity index (χ1) is 9.88. The summed E-state index contributed by atoms with van der Waals surface area (Å²) in [6, 6.07) is 8.83. The molecule has 0 saturated heterocycles. The molecular weight excluding hydrogens is 335 g/mol. The molecule has 0 heterocycles. The number of amides is 1. The summed E-state index contributed by atoms with van der Waals surface area (Å²) in [5.41, 5.74) is 0.793. The third kappa shape index (κ3) is 3.90. The van der Waals surface area contributed by atoms with Crippen LogP contribution in [0.15, 0.2) is 36.4 Å². The molecule has 108 valence electrons. The Morgan fingerprint density at radius 3 is 2.29 bits per heavy atom. The molecule has 8 heteroatoms. The van der Waals surface area contributed by atoms with E-state index in [4.69, 9.17) is 44.9 Å². The van der Waals surface area contributed by atoms with Gasteiger partial charge in [0.25, 0.3) is 5.91 Å². The molecule has 2 aromatic carbocycles. The van der Waals surface area contributed by atoms with Crippen LogP contribution >= 0.6 is 34.8 Å². The summed E-state index contributed by atoms with van der Waals surface area (Å²) < 4.78 is 0. The van der Waals surface area contributed by atoms with Gasteiger partial charge in [0.15, 0.2) is 0 Å². The van der Waals surface area contributed by atoms with Crippen LogP contribution in [-0.4, -0.2) is 23.1 Å². The number of anilines is 1. The zero-order chi connectivity index (χ0) is 15.6. The zero-order valence-electron chi connectivity index (χ0n) is 10.5. The van der Waals surface area contributed by atoms with Crippen molar-refractivity contribution in [1.82, 2.24) is 0 Å². The highest BCUT2D eigenvalue weighted by Gasteiger charge is 2.17. The number of carbonyl (C=O) groups excluding carboxylic acids is 1. The summed E-state index contributed by atoms with van der Waals surface area (Å²) in [5, 5.41) is 21.6. The Balaban J connectivity index is 2.22. The Labute approximate surface area is 136 Å². The Kier molecular flexibility index (Phi) is 5.14. The van der Waals surface area contributed by atoms with E-state index < -0.39 is 13.0 Å². The first-order valence-corrected chi connectivity index (χ1v) is 6.94. The molecule has 0 fully saturated rings. The maximum atomic E-state index is 12.1. The van der Waals surface area contributed by atoms with Crippen molar-refractivity contribution in [3.05, 3.63) is 57.0 Å². The maximum absolute atomic E-state index is 12.1. The number of halogens is 3. The van der Waals surface area contributed by atoms with Crippen LogP contribution in [0.1, 0.15) is 10.4 Å². The smallest absolute Gasteiger partial charge is 0.423 e. The molecule has 0 unspecified atom stereocenters. The van der Waals surface area contributed by atoms with Crippen molar-refractivity contribution in [1.29, 1.82) is 0 Å². The van der Waals surface area contributed by atoms with Crippen LogP contribution in [0, 0.1) is 0 Å². The lowest BCUT2D eigenvalue weighted by atomic mass is 9.80. The van der Waals surface area contributed by atoms with E-state index in [2.05, 4.69) is 5.32 Å². The Bertz CT molecular complexity index is 694. The molecular formula is C13H9BCl3NO3. The lowest BCUT2D eigenvalue weighted by Crippen LogP contribution is -2.31. The van der Waals surface area contributed by atoms with Crippen LogP contribution in [0.5, 0.6) is 0 Å². The van der Waals surface area contributed by atoms with E-state index in [1.807, 2.05) is 0 Å². The second-order valence-corrected chi connectivity index (χ2v) is 5.44. The van der Waals surface area contributed by atoms with Gasteiger partial charge < -0.3 is 15.4 Å². The largest absolute Gasteiger partial charge is 0.489 e. The lowest BCUT2D eigenvalue weighted by Gasteiger charge is -2.09. The Morgan fingerprint density at radius 1 is 1.00 bits per heavy atom. The fraction of sp³-hybridized carbons (Fsp3) is 0. The van der Waals surface area contributed by atoms with Crippen molar-refractivity contribution < 1.29 is 14.8 Å². The van der Waals surface area contributed by atoms with Gasteiger partial charge in [-0.25, -0.2) is 0 Å². The van der Waals surface area contributed by atoms with E-state index in [1.165, 1.54) is 24.3 Å². The minimum Gasteiger partial charge on any atom is -0.423 e. The van der Waals surface area contributed by atoms with E-state index in [9.17, 15) is 4.79 Å². The molecule has 0 aliphatic rings. The lowest BCUT2D eigenvalue weighted by molar-refractivity contribution is 0.102. The SMILES string of the molecule is O=C(Nc1ccc(Cl)cc1Cl)c1ccc(B(O)O)c(Cl)c1. The molecule has 4 nitrogen and oxygen atoms in total. The third-order valence-corrected chi connectivity index (χ3v) is 3.60. The fourth-order valence-electron chi connectivity index (χ4n) is 1.66. The zero-order valence-corrected chi connectivity index (χ0v) is 12.7. The fourth-order valence-corrected chi connectivity index (χ4v) is 2.40. The second kappa shape index (κ2) is 6.68. The van der Waals surface area contributed by atoms with Gasteiger partial charge in [-0.05, 0) is 30.3 Å². The average molecular weight is 344 g/mol.